The summed E-state index contributed by atoms with van der Waals surface area (Å²) in [5, 5.41) is 14.9. The molecule has 4 heterocycles. The van der Waals surface area contributed by atoms with E-state index >= 15 is 0 Å². The summed E-state index contributed by atoms with van der Waals surface area (Å²) in [5.41, 5.74) is 0.688. The van der Waals surface area contributed by atoms with Crippen LogP contribution < -0.4 is 10.6 Å². The van der Waals surface area contributed by atoms with E-state index < -0.39 is 37.8 Å². The number of fused-ring (bicyclic) bond motifs is 1. The first-order chi connectivity index (χ1) is 16.2. The molecule has 35 heavy (non-hydrogen) atoms. The summed E-state index contributed by atoms with van der Waals surface area (Å²) >= 11 is 6.07. The van der Waals surface area contributed by atoms with Crippen molar-refractivity contribution in [2.24, 2.45) is 4.99 Å². The molecule has 0 fully saturated rings. The van der Waals surface area contributed by atoms with Crippen LogP contribution in [0.1, 0.15) is 37.7 Å². The van der Waals surface area contributed by atoms with E-state index in [1.807, 2.05) is 11.3 Å². The van der Waals surface area contributed by atoms with Crippen LogP contribution in [-0.4, -0.2) is 50.3 Å². The molecule has 0 saturated heterocycles. The Kier molecular flexibility index (Phi) is 6.00. The van der Waals surface area contributed by atoms with Crippen molar-refractivity contribution in [2.75, 3.05) is 11.1 Å². The van der Waals surface area contributed by atoms with Gasteiger partial charge in [0.15, 0.2) is 9.84 Å². The highest BCUT2D eigenvalue weighted by molar-refractivity contribution is 7.93. The number of rotatable bonds is 4. The Balaban J connectivity index is 1.69. The van der Waals surface area contributed by atoms with Gasteiger partial charge in [0, 0.05) is 17.5 Å². The van der Waals surface area contributed by atoms with Crippen molar-refractivity contribution in [2.45, 2.75) is 44.5 Å². The first kappa shape index (κ1) is 24.9. The number of amides is 1. The molecule has 1 aliphatic heterocycles. The van der Waals surface area contributed by atoms with Crippen molar-refractivity contribution >= 4 is 44.8 Å². The predicted octanol–water partition coefficient (Wildman–Crippen LogP) is 3.53. The second-order valence-electron chi connectivity index (χ2n) is 9.06. The highest BCUT2D eigenvalue weighted by atomic mass is 35.5. The Labute approximate surface area is 206 Å². The average molecular weight is 523 g/mol. The van der Waals surface area contributed by atoms with Gasteiger partial charge in [0.25, 0.3) is 0 Å². The van der Waals surface area contributed by atoms with Crippen molar-refractivity contribution in [3.63, 3.8) is 0 Å². The lowest BCUT2D eigenvalue weighted by Crippen LogP contribution is -2.57. The van der Waals surface area contributed by atoms with E-state index in [0.29, 0.717) is 10.7 Å². The smallest absolute Gasteiger partial charge is 0.410 e. The molecule has 4 rings (SSSR count). The number of carboxylic acid groups (broad SMARTS) is 1. The fourth-order valence-electron chi connectivity index (χ4n) is 4.00. The topological polar surface area (TPSA) is 138 Å². The largest absolute Gasteiger partial charge is 0.465 e. The van der Waals surface area contributed by atoms with Gasteiger partial charge in [0.2, 0.25) is 0 Å². The van der Waals surface area contributed by atoms with E-state index in [4.69, 9.17) is 11.6 Å². The molecule has 1 unspecified atom stereocenters. The monoisotopic (exact) mass is 522 g/mol. The van der Waals surface area contributed by atoms with Gasteiger partial charge in [-0.3, -0.25) is 10.3 Å². The highest BCUT2D eigenvalue weighted by Gasteiger charge is 2.51. The molecular formula is C22H24ClFN6O4S. The van der Waals surface area contributed by atoms with Crippen molar-refractivity contribution in [1.82, 2.24) is 19.7 Å². The van der Waals surface area contributed by atoms with Gasteiger partial charge in [-0.15, -0.1) is 0 Å². The number of aliphatic imine (C=N–C) groups is 1. The number of hydrogen-bond donors (Lipinski definition) is 3. The second-order valence-corrected chi connectivity index (χ2v) is 12.0. The highest BCUT2D eigenvalue weighted by Crippen LogP contribution is 2.38. The maximum atomic E-state index is 14.9. The molecule has 0 spiro atoms. The number of halogens is 2. The van der Waals surface area contributed by atoms with E-state index in [1.54, 1.807) is 18.3 Å². The fourth-order valence-corrected chi connectivity index (χ4v) is 5.88. The SMILES string of the molecule is Cc1c(CNc2cc(C3(C)CS(=O)(=O)C(C)(C)C(NC(=O)O)=N3)c(F)cn2)nc2ccc(Cl)cn12. The third-order valence-electron chi connectivity index (χ3n) is 6.19. The summed E-state index contributed by atoms with van der Waals surface area (Å²) in [5.74, 6) is -1.26. The molecule has 0 aromatic carbocycles. The number of pyridine rings is 2. The molecule has 0 radical (unpaired) electrons. The lowest BCUT2D eigenvalue weighted by Gasteiger charge is -2.38. The molecule has 186 valence electrons. The Morgan fingerprint density at radius 2 is 2.03 bits per heavy atom. The van der Waals surface area contributed by atoms with Crippen LogP contribution in [0.4, 0.5) is 15.0 Å². The van der Waals surface area contributed by atoms with Gasteiger partial charge in [0.05, 0.1) is 29.2 Å². The summed E-state index contributed by atoms with van der Waals surface area (Å²) in [6, 6.07) is 4.91. The number of hydrogen-bond acceptors (Lipinski definition) is 7. The first-order valence-electron chi connectivity index (χ1n) is 10.6. The number of carbonyl (C=O) groups is 1. The van der Waals surface area contributed by atoms with Gasteiger partial charge in [-0.25, -0.2) is 27.6 Å². The lowest BCUT2D eigenvalue weighted by molar-refractivity contribution is 0.199. The third kappa shape index (κ3) is 4.43. The van der Waals surface area contributed by atoms with Crippen LogP contribution in [0.2, 0.25) is 5.02 Å². The predicted molar refractivity (Wildman–Crippen MR) is 130 cm³/mol. The number of nitrogens with one attached hydrogen (secondary N) is 2. The number of imidazole rings is 1. The molecule has 10 nitrogen and oxygen atoms in total. The minimum atomic E-state index is -3.91. The Morgan fingerprint density at radius 1 is 1.31 bits per heavy atom. The van der Waals surface area contributed by atoms with Crippen LogP contribution in [0, 0.1) is 12.7 Å². The summed E-state index contributed by atoms with van der Waals surface area (Å²) in [7, 11) is -3.91. The maximum absolute atomic E-state index is 14.9. The van der Waals surface area contributed by atoms with E-state index in [-0.39, 0.29) is 23.8 Å². The van der Waals surface area contributed by atoms with Crippen molar-refractivity contribution in [1.29, 1.82) is 0 Å². The van der Waals surface area contributed by atoms with Crippen molar-refractivity contribution in [3.8, 4) is 0 Å². The number of aromatic nitrogens is 3. The molecule has 1 amide bonds. The zero-order valence-corrected chi connectivity index (χ0v) is 21.0. The van der Waals surface area contributed by atoms with Crippen LogP contribution >= 0.6 is 11.6 Å². The zero-order chi connectivity index (χ0) is 25.8. The minimum absolute atomic E-state index is 0.0303. The second kappa shape index (κ2) is 8.45. The standard InChI is InChI=1S/C22H24ClFN6O4S/c1-12-16(27-18-6-5-13(23)10-30(12)18)9-26-17-7-14(15(24)8-25-17)22(4)11-35(33,34)21(2,3)19(29-22)28-20(31)32/h5-8,10H,9,11H2,1-4H3,(H,25,26)(H,28,29)(H,31,32). The molecule has 13 heteroatoms. The minimum Gasteiger partial charge on any atom is -0.465 e. The van der Waals surface area contributed by atoms with Gasteiger partial charge in [0.1, 0.15) is 33.4 Å². The summed E-state index contributed by atoms with van der Waals surface area (Å²) < 4.78 is 41.3. The molecule has 1 atom stereocenters. The first-order valence-corrected chi connectivity index (χ1v) is 12.6. The third-order valence-corrected chi connectivity index (χ3v) is 9.11. The molecule has 3 aromatic rings. The van der Waals surface area contributed by atoms with Crippen LogP contribution in [0.15, 0.2) is 35.6 Å². The molecule has 0 aliphatic carbocycles. The molecular weight excluding hydrogens is 499 g/mol. The fraction of sp³-hybridized carbons (Fsp3) is 0.364. The summed E-state index contributed by atoms with van der Waals surface area (Å²) in [4.78, 5) is 24.3. The van der Waals surface area contributed by atoms with E-state index in [0.717, 1.165) is 17.6 Å². The molecule has 1 aliphatic rings. The van der Waals surface area contributed by atoms with Crippen molar-refractivity contribution in [3.05, 3.63) is 58.4 Å². The van der Waals surface area contributed by atoms with Gasteiger partial charge in [-0.05, 0) is 45.9 Å². The van der Waals surface area contributed by atoms with Gasteiger partial charge in [-0.1, -0.05) is 11.6 Å². The summed E-state index contributed by atoms with van der Waals surface area (Å²) in [6.45, 7) is 6.31. The normalized spacial score (nSPS) is 20.9. The molecule has 0 saturated carbocycles. The number of nitrogens with zero attached hydrogens (tertiary/aromatic N) is 4. The number of sulfone groups is 1. The van der Waals surface area contributed by atoms with Gasteiger partial charge < -0.3 is 14.8 Å². The van der Waals surface area contributed by atoms with Crippen LogP contribution in [-0.2, 0) is 21.9 Å². The Morgan fingerprint density at radius 3 is 2.71 bits per heavy atom. The Bertz CT molecular complexity index is 1490. The Hall–Kier alpha value is -3.25. The average Bonchev–Trinajstić information content (AvgIpc) is 3.06. The molecule has 0 bridgehead atoms. The molecule has 3 aromatic heterocycles. The number of aryl methyl sites for hydroxylation is 1. The van der Waals surface area contributed by atoms with Crippen LogP contribution in [0.3, 0.4) is 0 Å². The van der Waals surface area contributed by atoms with E-state index in [9.17, 15) is 22.7 Å². The zero-order valence-electron chi connectivity index (χ0n) is 19.4. The lowest BCUT2D eigenvalue weighted by atomic mass is 9.94. The van der Waals surface area contributed by atoms with Crippen molar-refractivity contribution < 1.29 is 22.7 Å². The van der Waals surface area contributed by atoms with Crippen LogP contribution in [0.25, 0.3) is 5.65 Å². The van der Waals surface area contributed by atoms with E-state index in [2.05, 4.69) is 25.6 Å². The molecule has 3 N–H and O–H groups in total. The van der Waals surface area contributed by atoms with Gasteiger partial charge >= 0.3 is 6.09 Å². The number of amidine groups is 1. The summed E-state index contributed by atoms with van der Waals surface area (Å²) in [6.07, 6.45) is 1.27. The van der Waals surface area contributed by atoms with Crippen LogP contribution in [0.5, 0.6) is 0 Å². The quantitative estimate of drug-likeness (QED) is 0.476. The van der Waals surface area contributed by atoms with E-state index in [1.165, 1.54) is 26.8 Å². The number of anilines is 1. The maximum Gasteiger partial charge on any atom is 0.410 e. The van der Waals surface area contributed by atoms with Gasteiger partial charge in [-0.2, -0.15) is 0 Å².